The van der Waals surface area contributed by atoms with Gasteiger partial charge in [0.1, 0.15) is 17.2 Å². The third-order valence-electron chi connectivity index (χ3n) is 5.57. The van der Waals surface area contributed by atoms with Crippen molar-refractivity contribution in [2.45, 2.75) is 18.7 Å². The average Bonchev–Trinajstić information content (AvgIpc) is 3.24. The number of fused-ring (bicyclic) bond motifs is 3. The van der Waals surface area contributed by atoms with Crippen LogP contribution in [-0.4, -0.2) is 24.9 Å². The SMILES string of the molecule is COc1ccc(C2=NN3[C@@H](C2)c2ccccc2O[C@H]3c2ccc(Br)cc2)c(OC)c1. The zero-order chi connectivity index (χ0) is 20.7. The molecule has 30 heavy (non-hydrogen) atoms. The molecule has 2 heterocycles. The Kier molecular flexibility index (Phi) is 4.87. The zero-order valence-electron chi connectivity index (χ0n) is 16.7. The molecule has 5 nitrogen and oxygen atoms in total. The maximum absolute atomic E-state index is 6.40. The summed E-state index contributed by atoms with van der Waals surface area (Å²) in [5, 5.41) is 7.09. The highest BCUT2D eigenvalue weighted by atomic mass is 79.9. The average molecular weight is 465 g/mol. The van der Waals surface area contributed by atoms with Gasteiger partial charge in [0.25, 0.3) is 0 Å². The van der Waals surface area contributed by atoms with Gasteiger partial charge in [0.15, 0.2) is 0 Å². The lowest BCUT2D eigenvalue weighted by molar-refractivity contribution is -0.0190. The predicted molar refractivity (Wildman–Crippen MR) is 119 cm³/mol. The van der Waals surface area contributed by atoms with Crippen LogP contribution in [0.1, 0.15) is 35.4 Å². The minimum absolute atomic E-state index is 0.102. The summed E-state index contributed by atoms with van der Waals surface area (Å²) >= 11 is 3.51. The van der Waals surface area contributed by atoms with Crippen LogP contribution in [0, 0.1) is 0 Å². The van der Waals surface area contributed by atoms with Crippen LogP contribution in [0.2, 0.25) is 0 Å². The molecule has 0 aliphatic carbocycles. The van der Waals surface area contributed by atoms with Crippen LogP contribution in [0.25, 0.3) is 0 Å². The van der Waals surface area contributed by atoms with E-state index < -0.39 is 0 Å². The van der Waals surface area contributed by atoms with Crippen molar-refractivity contribution in [1.82, 2.24) is 5.01 Å². The maximum atomic E-state index is 6.40. The van der Waals surface area contributed by atoms with Crippen molar-refractivity contribution >= 4 is 21.6 Å². The number of ether oxygens (including phenoxy) is 3. The van der Waals surface area contributed by atoms with Crippen LogP contribution < -0.4 is 14.2 Å². The molecule has 0 radical (unpaired) electrons. The zero-order valence-corrected chi connectivity index (χ0v) is 18.3. The Bertz CT molecular complexity index is 1110. The number of hydrogen-bond donors (Lipinski definition) is 0. The highest BCUT2D eigenvalue weighted by Gasteiger charge is 2.41. The quantitative estimate of drug-likeness (QED) is 0.495. The molecule has 2 aliphatic rings. The van der Waals surface area contributed by atoms with Gasteiger partial charge in [0, 0.05) is 33.7 Å². The molecule has 2 aliphatic heterocycles. The summed E-state index contributed by atoms with van der Waals surface area (Å²) in [4.78, 5) is 0. The van der Waals surface area contributed by atoms with E-state index in [0.29, 0.717) is 0 Å². The van der Waals surface area contributed by atoms with Crippen LogP contribution >= 0.6 is 15.9 Å². The molecule has 0 saturated carbocycles. The number of rotatable bonds is 4. The smallest absolute Gasteiger partial charge is 0.213 e. The first-order chi connectivity index (χ1) is 14.7. The van der Waals surface area contributed by atoms with Crippen LogP contribution in [-0.2, 0) is 0 Å². The summed E-state index contributed by atoms with van der Waals surface area (Å²) in [6.45, 7) is 0. The lowest BCUT2D eigenvalue weighted by Crippen LogP contribution is -2.33. The van der Waals surface area contributed by atoms with Gasteiger partial charge in [0.05, 0.1) is 26.0 Å². The molecule has 3 aromatic rings. The topological polar surface area (TPSA) is 43.3 Å². The highest BCUT2D eigenvalue weighted by Crippen LogP contribution is 2.48. The minimum atomic E-state index is -0.292. The van der Waals surface area contributed by atoms with E-state index >= 15 is 0 Å². The van der Waals surface area contributed by atoms with Gasteiger partial charge in [-0.15, -0.1) is 0 Å². The molecule has 6 heteroatoms. The third kappa shape index (κ3) is 3.21. The fourth-order valence-corrected chi connectivity index (χ4v) is 4.35. The second-order valence-electron chi connectivity index (χ2n) is 7.27. The number of para-hydroxylation sites is 1. The van der Waals surface area contributed by atoms with Crippen LogP contribution in [0.15, 0.2) is 76.3 Å². The number of hydrazone groups is 1. The van der Waals surface area contributed by atoms with Crippen molar-refractivity contribution in [3.63, 3.8) is 0 Å². The van der Waals surface area contributed by atoms with E-state index in [-0.39, 0.29) is 12.3 Å². The summed E-state index contributed by atoms with van der Waals surface area (Å²) in [6, 6.07) is 22.4. The molecule has 0 bridgehead atoms. The Morgan fingerprint density at radius 3 is 2.57 bits per heavy atom. The summed E-state index contributed by atoms with van der Waals surface area (Å²) in [7, 11) is 3.32. The first kappa shape index (κ1) is 19.0. The number of methoxy groups -OCH3 is 2. The molecular formula is C24H21BrN2O3. The van der Waals surface area contributed by atoms with Gasteiger partial charge in [-0.3, -0.25) is 0 Å². The Balaban J connectivity index is 1.59. The fraction of sp³-hybridized carbons (Fsp3) is 0.208. The first-order valence-corrected chi connectivity index (χ1v) is 10.6. The van der Waals surface area contributed by atoms with Crippen LogP contribution in [0.3, 0.4) is 0 Å². The standard InChI is InChI=1S/C24H21BrN2O3/c1-28-17-11-12-18(23(13-17)29-2)20-14-21-19-5-3-4-6-22(19)30-24(27(21)26-20)15-7-9-16(25)10-8-15/h3-13,21,24H,14H2,1-2H3/t21-,24-/m0/s1. The van der Waals surface area contributed by atoms with Crippen molar-refractivity contribution in [3.05, 3.63) is 87.9 Å². The maximum Gasteiger partial charge on any atom is 0.213 e. The van der Waals surface area contributed by atoms with E-state index in [9.17, 15) is 0 Å². The molecule has 0 unspecified atom stereocenters. The van der Waals surface area contributed by atoms with E-state index in [1.165, 1.54) is 0 Å². The Morgan fingerprint density at radius 2 is 1.80 bits per heavy atom. The van der Waals surface area contributed by atoms with Gasteiger partial charge in [-0.1, -0.05) is 46.3 Å². The van der Waals surface area contributed by atoms with Crippen LogP contribution in [0.5, 0.6) is 17.2 Å². The van der Waals surface area contributed by atoms with Gasteiger partial charge in [-0.2, -0.15) is 5.10 Å². The number of hydrogen-bond acceptors (Lipinski definition) is 5. The second-order valence-corrected chi connectivity index (χ2v) is 8.19. The summed E-state index contributed by atoms with van der Waals surface area (Å²) in [5.74, 6) is 2.42. The van der Waals surface area contributed by atoms with Crippen molar-refractivity contribution in [2.24, 2.45) is 5.10 Å². The van der Waals surface area contributed by atoms with Gasteiger partial charge in [-0.25, -0.2) is 5.01 Å². The number of benzene rings is 3. The Hall–Kier alpha value is -2.99. The largest absolute Gasteiger partial charge is 0.497 e. The van der Waals surface area contributed by atoms with Crippen molar-refractivity contribution in [1.29, 1.82) is 0 Å². The monoisotopic (exact) mass is 464 g/mol. The molecule has 152 valence electrons. The molecule has 2 atom stereocenters. The Morgan fingerprint density at radius 1 is 1.00 bits per heavy atom. The molecule has 0 spiro atoms. The Labute approximate surface area is 184 Å². The van der Waals surface area contributed by atoms with Crippen molar-refractivity contribution in [3.8, 4) is 17.2 Å². The lowest BCUT2D eigenvalue weighted by atomic mass is 9.95. The predicted octanol–water partition coefficient (Wildman–Crippen LogP) is 5.71. The molecule has 0 N–H and O–H groups in total. The number of halogens is 1. The van der Waals surface area contributed by atoms with Gasteiger partial charge < -0.3 is 14.2 Å². The summed E-state index contributed by atoms with van der Waals surface area (Å²) in [6.07, 6.45) is 0.482. The second kappa shape index (κ2) is 7.69. The van der Waals surface area contributed by atoms with E-state index in [4.69, 9.17) is 19.3 Å². The minimum Gasteiger partial charge on any atom is -0.497 e. The summed E-state index contributed by atoms with van der Waals surface area (Å²) < 4.78 is 18.4. The van der Waals surface area contributed by atoms with E-state index in [0.717, 1.165) is 50.5 Å². The first-order valence-electron chi connectivity index (χ1n) is 9.77. The number of nitrogens with zero attached hydrogens (tertiary/aromatic N) is 2. The van der Waals surface area contributed by atoms with Crippen molar-refractivity contribution < 1.29 is 14.2 Å². The summed E-state index contributed by atoms with van der Waals surface area (Å²) in [5.41, 5.74) is 4.16. The van der Waals surface area contributed by atoms with Crippen molar-refractivity contribution in [2.75, 3.05) is 14.2 Å². The molecule has 0 amide bonds. The molecule has 5 rings (SSSR count). The highest BCUT2D eigenvalue weighted by molar-refractivity contribution is 9.10. The fourth-order valence-electron chi connectivity index (χ4n) is 4.08. The molecule has 0 aromatic heterocycles. The third-order valence-corrected chi connectivity index (χ3v) is 6.10. The molecule has 0 fully saturated rings. The van der Waals surface area contributed by atoms with E-state index in [2.05, 4.69) is 39.1 Å². The molecule has 3 aromatic carbocycles. The van der Waals surface area contributed by atoms with Gasteiger partial charge in [-0.05, 0) is 30.3 Å². The van der Waals surface area contributed by atoms with Gasteiger partial charge >= 0.3 is 0 Å². The lowest BCUT2D eigenvalue weighted by Gasteiger charge is -2.38. The van der Waals surface area contributed by atoms with E-state index in [1.54, 1.807) is 14.2 Å². The molecule has 0 saturated heterocycles. The van der Waals surface area contributed by atoms with E-state index in [1.807, 2.05) is 48.5 Å². The van der Waals surface area contributed by atoms with Gasteiger partial charge in [0.2, 0.25) is 6.23 Å². The van der Waals surface area contributed by atoms with Crippen LogP contribution in [0.4, 0.5) is 0 Å². The normalized spacial score (nSPS) is 19.4. The molecular weight excluding hydrogens is 444 g/mol.